The Morgan fingerprint density at radius 3 is 2.28 bits per heavy atom. The van der Waals surface area contributed by atoms with E-state index < -0.39 is 0 Å². The van der Waals surface area contributed by atoms with Crippen LogP contribution in [0.4, 0.5) is 22.7 Å². The zero-order valence-electron chi connectivity index (χ0n) is 30.1. The molecule has 0 radical (unpaired) electrons. The highest BCUT2D eigenvalue weighted by atomic mass is 15.2. The summed E-state index contributed by atoms with van der Waals surface area (Å²) < 4.78 is 0. The molecule has 1 aliphatic heterocycles. The first kappa shape index (κ1) is 31.5. The Balaban J connectivity index is 1.04. The summed E-state index contributed by atoms with van der Waals surface area (Å²) in [5.74, 6) is 0.737. The highest BCUT2D eigenvalue weighted by Crippen LogP contribution is 2.54. The molecule has 0 bridgehead atoms. The molecule has 6 aromatic rings. The largest absolute Gasteiger partial charge is 0.333 e. The van der Waals surface area contributed by atoms with E-state index in [9.17, 15) is 0 Å². The molecule has 3 heteroatoms. The van der Waals surface area contributed by atoms with Gasteiger partial charge >= 0.3 is 0 Å². The number of rotatable bonds is 6. The number of benzene rings is 5. The normalized spacial score (nSPS) is 20.2. The average Bonchev–Trinajstić information content (AvgIpc) is 3.67. The Hall–Kier alpha value is -6.19. The Kier molecular flexibility index (Phi) is 7.43. The molecule has 0 saturated heterocycles. The van der Waals surface area contributed by atoms with Crippen LogP contribution in [-0.2, 0) is 5.41 Å². The number of allylic oxidation sites excluding steroid dienone is 5. The van der Waals surface area contributed by atoms with Gasteiger partial charge in [-0.05, 0) is 100 Å². The van der Waals surface area contributed by atoms with Crippen LogP contribution in [0.3, 0.4) is 0 Å². The molecule has 53 heavy (non-hydrogen) atoms. The number of nitrogens with zero attached hydrogens (tertiary/aromatic N) is 3. The van der Waals surface area contributed by atoms with E-state index in [-0.39, 0.29) is 11.5 Å². The van der Waals surface area contributed by atoms with Crippen LogP contribution < -0.4 is 9.80 Å². The van der Waals surface area contributed by atoms with Crippen LogP contribution >= 0.6 is 0 Å². The molecular weight excluding hydrogens is 643 g/mol. The molecule has 0 N–H and O–H groups in total. The zero-order valence-corrected chi connectivity index (χ0v) is 30.1. The lowest BCUT2D eigenvalue weighted by Gasteiger charge is -2.33. The topological polar surface area (TPSA) is 19.4 Å². The first-order chi connectivity index (χ1) is 26.0. The van der Waals surface area contributed by atoms with Crippen molar-refractivity contribution in [3.8, 4) is 22.3 Å². The van der Waals surface area contributed by atoms with Crippen molar-refractivity contribution in [3.05, 3.63) is 210 Å². The van der Waals surface area contributed by atoms with E-state index >= 15 is 0 Å². The Morgan fingerprint density at radius 1 is 0.660 bits per heavy atom. The molecule has 0 spiro atoms. The van der Waals surface area contributed by atoms with Crippen molar-refractivity contribution in [2.24, 2.45) is 0 Å². The molecular formula is C50H41N3. The van der Waals surface area contributed by atoms with E-state index in [0.717, 1.165) is 28.9 Å². The summed E-state index contributed by atoms with van der Waals surface area (Å²) in [5, 5.41) is 0. The monoisotopic (exact) mass is 683 g/mol. The lowest BCUT2D eigenvalue weighted by atomic mass is 9.78. The lowest BCUT2D eigenvalue weighted by molar-refractivity contribution is 0.609. The molecule has 4 aliphatic rings. The maximum Gasteiger partial charge on any atom is 0.0629 e. The van der Waals surface area contributed by atoms with Crippen LogP contribution in [0, 0.1) is 0 Å². The standard InChI is InChI=1S/C50H41N3/c1-50(2)46-19-8-6-17-42(46)43-27-26-41(32-47(43)50)52(40-16-10-12-35(30-40)37-13-11-29-51-33-37)39-24-21-34(22-25-39)36-23-28-49-45(31-36)44-18-7-9-20-48(44)53(49)38-14-4-3-5-15-38/h3-26,28-33,43-44,48H,27H2,1-2H3. The highest BCUT2D eigenvalue weighted by Gasteiger charge is 2.42. The van der Waals surface area contributed by atoms with Gasteiger partial charge in [0.25, 0.3) is 0 Å². The maximum absolute atomic E-state index is 4.41. The van der Waals surface area contributed by atoms with Gasteiger partial charge in [0.15, 0.2) is 0 Å². The predicted octanol–water partition coefficient (Wildman–Crippen LogP) is 12.6. The summed E-state index contributed by atoms with van der Waals surface area (Å²) in [6, 6.07) is 49.3. The fourth-order valence-electron chi connectivity index (χ4n) is 9.30. The second-order valence-electron chi connectivity index (χ2n) is 15.2. The quantitative estimate of drug-likeness (QED) is 0.174. The van der Waals surface area contributed by atoms with Crippen LogP contribution in [0.2, 0.25) is 0 Å². The molecule has 0 amide bonds. The Labute approximate surface area is 312 Å². The summed E-state index contributed by atoms with van der Waals surface area (Å²) in [7, 11) is 0. The van der Waals surface area contributed by atoms with Crippen LogP contribution in [0.25, 0.3) is 22.3 Å². The van der Waals surface area contributed by atoms with E-state index in [1.807, 2.05) is 18.5 Å². The van der Waals surface area contributed by atoms with Crippen molar-refractivity contribution >= 4 is 22.7 Å². The van der Waals surface area contributed by atoms with Crippen molar-refractivity contribution in [1.82, 2.24) is 4.98 Å². The summed E-state index contributed by atoms with van der Waals surface area (Å²) in [4.78, 5) is 9.35. The number of fused-ring (bicyclic) bond motifs is 6. The molecule has 10 rings (SSSR count). The summed E-state index contributed by atoms with van der Waals surface area (Å²) >= 11 is 0. The van der Waals surface area contributed by atoms with Gasteiger partial charge in [-0.25, -0.2) is 0 Å². The fourth-order valence-corrected chi connectivity index (χ4v) is 9.30. The third-order valence-electron chi connectivity index (χ3n) is 11.9. The molecule has 3 unspecified atom stereocenters. The van der Waals surface area contributed by atoms with E-state index in [4.69, 9.17) is 0 Å². The lowest BCUT2D eigenvalue weighted by Crippen LogP contribution is -2.28. The first-order valence-corrected chi connectivity index (χ1v) is 18.8. The molecule has 1 aromatic heterocycles. The zero-order chi connectivity index (χ0) is 35.5. The van der Waals surface area contributed by atoms with Gasteiger partial charge in [-0.2, -0.15) is 0 Å². The molecule has 3 aliphatic carbocycles. The fraction of sp³-hybridized carbons (Fsp3) is 0.140. The number of aromatic nitrogens is 1. The molecule has 0 fully saturated rings. The van der Waals surface area contributed by atoms with Gasteiger partial charge in [-0.15, -0.1) is 0 Å². The molecule has 3 nitrogen and oxygen atoms in total. The third-order valence-corrected chi connectivity index (χ3v) is 11.9. The predicted molar refractivity (Wildman–Crippen MR) is 220 cm³/mol. The van der Waals surface area contributed by atoms with Crippen molar-refractivity contribution in [2.75, 3.05) is 9.80 Å². The van der Waals surface area contributed by atoms with Crippen LogP contribution in [0.5, 0.6) is 0 Å². The van der Waals surface area contributed by atoms with E-state index in [1.54, 1.807) is 0 Å². The SMILES string of the molecule is CC1(C)C2=CC(N(c3ccc(-c4ccc5c(c4)C4C=CC=CC4N5c4ccccc4)cc3)c3cccc(-c4cccnc4)c3)=CCC2c2ccccc21. The van der Waals surface area contributed by atoms with Gasteiger partial charge in [0.1, 0.15) is 0 Å². The average molecular weight is 684 g/mol. The second-order valence-corrected chi connectivity index (χ2v) is 15.2. The maximum atomic E-state index is 4.41. The molecule has 2 heterocycles. The number of hydrogen-bond donors (Lipinski definition) is 0. The van der Waals surface area contributed by atoms with Crippen LogP contribution in [0.15, 0.2) is 194 Å². The summed E-state index contributed by atoms with van der Waals surface area (Å²) in [5.41, 5.74) is 16.5. The minimum absolute atomic E-state index is 0.0279. The van der Waals surface area contributed by atoms with Crippen LogP contribution in [-0.4, -0.2) is 11.0 Å². The summed E-state index contributed by atoms with van der Waals surface area (Å²) in [6.07, 6.45) is 18.8. The van der Waals surface area contributed by atoms with Gasteiger partial charge in [0.2, 0.25) is 0 Å². The third kappa shape index (κ3) is 5.22. The molecule has 256 valence electrons. The van der Waals surface area contributed by atoms with Crippen molar-refractivity contribution in [3.63, 3.8) is 0 Å². The van der Waals surface area contributed by atoms with Crippen molar-refractivity contribution in [2.45, 2.75) is 43.6 Å². The molecule has 3 atom stereocenters. The van der Waals surface area contributed by atoms with E-state index in [0.29, 0.717) is 11.8 Å². The van der Waals surface area contributed by atoms with Gasteiger partial charge in [-0.1, -0.05) is 129 Å². The van der Waals surface area contributed by atoms with Gasteiger partial charge in [0.05, 0.1) is 6.04 Å². The number of hydrogen-bond acceptors (Lipinski definition) is 3. The minimum Gasteiger partial charge on any atom is -0.333 e. The van der Waals surface area contributed by atoms with Crippen LogP contribution in [0.1, 0.15) is 48.8 Å². The molecule has 5 aromatic carbocycles. The highest BCUT2D eigenvalue weighted by molar-refractivity contribution is 5.81. The van der Waals surface area contributed by atoms with Gasteiger partial charge < -0.3 is 9.80 Å². The van der Waals surface area contributed by atoms with E-state index in [1.165, 1.54) is 50.5 Å². The molecule has 0 saturated carbocycles. The number of anilines is 4. The van der Waals surface area contributed by atoms with Crippen molar-refractivity contribution < 1.29 is 0 Å². The van der Waals surface area contributed by atoms with Crippen molar-refractivity contribution in [1.29, 1.82) is 0 Å². The smallest absolute Gasteiger partial charge is 0.0629 e. The first-order valence-electron chi connectivity index (χ1n) is 18.8. The Bertz CT molecular complexity index is 2470. The minimum atomic E-state index is -0.0279. The van der Waals surface area contributed by atoms with Gasteiger partial charge in [-0.3, -0.25) is 4.98 Å². The summed E-state index contributed by atoms with van der Waals surface area (Å²) in [6.45, 7) is 4.78. The number of pyridine rings is 1. The van der Waals surface area contributed by atoms with Gasteiger partial charge in [0, 0.05) is 63.7 Å². The number of para-hydroxylation sites is 1. The van der Waals surface area contributed by atoms with E-state index in [2.05, 4.69) is 192 Å². The second kappa shape index (κ2) is 12.5. The Morgan fingerprint density at radius 2 is 1.43 bits per heavy atom.